The highest BCUT2D eigenvalue weighted by Crippen LogP contribution is 2.08. The number of hydrogen-bond acceptors (Lipinski definition) is 3. The molecule has 0 saturated heterocycles. The third kappa shape index (κ3) is 3.84. The number of benzene rings is 1. The highest BCUT2D eigenvalue weighted by atomic mass is 19.2. The van der Waals surface area contributed by atoms with Crippen molar-refractivity contribution < 1.29 is 8.78 Å². The highest BCUT2D eigenvalue weighted by Gasteiger charge is 2.06. The third-order valence-electron chi connectivity index (χ3n) is 2.83. The van der Waals surface area contributed by atoms with E-state index in [1.165, 1.54) is 12.4 Å². The van der Waals surface area contributed by atoms with E-state index in [4.69, 9.17) is 0 Å². The number of halogens is 2. The molecule has 0 aliphatic carbocycles. The zero-order valence-corrected chi connectivity index (χ0v) is 11.6. The van der Waals surface area contributed by atoms with Crippen LogP contribution >= 0.6 is 0 Å². The smallest absolute Gasteiger partial charge is 0.159 e. The number of nitrogens with zero attached hydrogens (tertiary/aromatic N) is 3. The van der Waals surface area contributed by atoms with E-state index in [1.54, 1.807) is 6.07 Å². The van der Waals surface area contributed by atoms with E-state index < -0.39 is 11.6 Å². The SMILES string of the molecule is CC(C)Cn1ncnc1CNCc1ccc(F)c(F)c1. The van der Waals surface area contributed by atoms with E-state index in [0.29, 0.717) is 24.6 Å². The Kier molecular flexibility index (Phi) is 4.79. The first-order valence-corrected chi connectivity index (χ1v) is 6.57. The van der Waals surface area contributed by atoms with Gasteiger partial charge < -0.3 is 5.32 Å². The summed E-state index contributed by atoms with van der Waals surface area (Å²) in [5, 5.41) is 7.32. The summed E-state index contributed by atoms with van der Waals surface area (Å²) in [5.41, 5.74) is 0.693. The monoisotopic (exact) mass is 280 g/mol. The van der Waals surface area contributed by atoms with E-state index in [0.717, 1.165) is 18.4 Å². The Balaban J connectivity index is 1.89. The van der Waals surface area contributed by atoms with Crippen LogP contribution in [0.4, 0.5) is 8.78 Å². The van der Waals surface area contributed by atoms with Gasteiger partial charge in [-0.05, 0) is 23.6 Å². The average molecular weight is 280 g/mol. The second kappa shape index (κ2) is 6.56. The van der Waals surface area contributed by atoms with Crippen molar-refractivity contribution in [2.24, 2.45) is 5.92 Å². The van der Waals surface area contributed by atoms with E-state index in [9.17, 15) is 8.78 Å². The Morgan fingerprint density at radius 1 is 1.20 bits per heavy atom. The molecule has 1 aromatic carbocycles. The van der Waals surface area contributed by atoms with Crippen molar-refractivity contribution in [2.45, 2.75) is 33.5 Å². The van der Waals surface area contributed by atoms with Crippen LogP contribution in [-0.2, 0) is 19.6 Å². The van der Waals surface area contributed by atoms with Crippen LogP contribution in [0.15, 0.2) is 24.5 Å². The standard InChI is InChI=1S/C14H18F2N4/c1-10(2)8-20-14(18-9-19-20)7-17-6-11-3-4-12(15)13(16)5-11/h3-5,9-10,17H,6-8H2,1-2H3. The molecule has 0 spiro atoms. The van der Waals surface area contributed by atoms with Gasteiger partial charge in [-0.15, -0.1) is 0 Å². The van der Waals surface area contributed by atoms with Crippen molar-refractivity contribution in [1.29, 1.82) is 0 Å². The molecule has 0 fully saturated rings. The molecule has 1 aromatic heterocycles. The van der Waals surface area contributed by atoms with E-state index >= 15 is 0 Å². The molecule has 0 radical (unpaired) electrons. The Labute approximate surface area is 116 Å². The second-order valence-electron chi connectivity index (χ2n) is 5.10. The number of hydrogen-bond donors (Lipinski definition) is 1. The van der Waals surface area contributed by atoms with Crippen LogP contribution in [0.25, 0.3) is 0 Å². The predicted molar refractivity (Wildman–Crippen MR) is 71.8 cm³/mol. The molecule has 0 unspecified atom stereocenters. The summed E-state index contributed by atoms with van der Waals surface area (Å²) in [7, 11) is 0. The van der Waals surface area contributed by atoms with Gasteiger partial charge in [0.25, 0.3) is 0 Å². The van der Waals surface area contributed by atoms with E-state index in [-0.39, 0.29) is 0 Å². The highest BCUT2D eigenvalue weighted by molar-refractivity contribution is 5.17. The lowest BCUT2D eigenvalue weighted by Gasteiger charge is -2.09. The molecule has 2 rings (SSSR count). The molecule has 0 bridgehead atoms. The summed E-state index contributed by atoms with van der Waals surface area (Å²) in [6.07, 6.45) is 1.52. The summed E-state index contributed by atoms with van der Waals surface area (Å²) < 4.78 is 27.7. The Morgan fingerprint density at radius 3 is 2.70 bits per heavy atom. The average Bonchev–Trinajstić information content (AvgIpc) is 2.80. The molecule has 0 aliphatic rings. The number of aromatic nitrogens is 3. The van der Waals surface area contributed by atoms with Crippen molar-refractivity contribution in [2.75, 3.05) is 0 Å². The topological polar surface area (TPSA) is 42.7 Å². The van der Waals surface area contributed by atoms with Crippen LogP contribution in [0.3, 0.4) is 0 Å². The van der Waals surface area contributed by atoms with Crippen LogP contribution in [0.1, 0.15) is 25.2 Å². The normalized spacial score (nSPS) is 11.2. The van der Waals surface area contributed by atoms with Gasteiger partial charge in [-0.1, -0.05) is 19.9 Å². The van der Waals surface area contributed by atoms with Crippen molar-refractivity contribution in [3.8, 4) is 0 Å². The largest absolute Gasteiger partial charge is 0.306 e. The maximum Gasteiger partial charge on any atom is 0.159 e. The number of nitrogens with one attached hydrogen (secondary N) is 1. The van der Waals surface area contributed by atoms with Gasteiger partial charge in [0.05, 0.1) is 6.54 Å². The number of rotatable bonds is 6. The van der Waals surface area contributed by atoms with Crippen molar-refractivity contribution in [3.63, 3.8) is 0 Å². The summed E-state index contributed by atoms with van der Waals surface area (Å²) in [6, 6.07) is 3.89. The molecule has 1 heterocycles. The molecule has 2 aromatic rings. The minimum atomic E-state index is -0.828. The molecule has 0 aliphatic heterocycles. The lowest BCUT2D eigenvalue weighted by atomic mass is 10.2. The first-order valence-electron chi connectivity index (χ1n) is 6.57. The minimum absolute atomic E-state index is 0.450. The minimum Gasteiger partial charge on any atom is -0.306 e. The van der Waals surface area contributed by atoms with Crippen LogP contribution in [0.2, 0.25) is 0 Å². The van der Waals surface area contributed by atoms with Crippen LogP contribution in [-0.4, -0.2) is 14.8 Å². The predicted octanol–water partition coefficient (Wildman–Crippen LogP) is 2.50. The summed E-state index contributed by atoms with van der Waals surface area (Å²) in [5.74, 6) is -0.333. The lowest BCUT2D eigenvalue weighted by Crippen LogP contribution is -2.18. The van der Waals surface area contributed by atoms with Crippen molar-refractivity contribution in [1.82, 2.24) is 20.1 Å². The molecular weight excluding hydrogens is 262 g/mol. The molecule has 6 heteroatoms. The fourth-order valence-electron chi connectivity index (χ4n) is 1.89. The van der Waals surface area contributed by atoms with Crippen LogP contribution in [0.5, 0.6) is 0 Å². The molecule has 108 valence electrons. The second-order valence-corrected chi connectivity index (χ2v) is 5.10. The zero-order valence-electron chi connectivity index (χ0n) is 11.6. The van der Waals surface area contributed by atoms with Gasteiger partial charge in [0, 0.05) is 13.1 Å². The molecule has 0 amide bonds. The first-order chi connectivity index (χ1) is 9.56. The summed E-state index contributed by atoms with van der Waals surface area (Å²) in [4.78, 5) is 4.19. The molecular formula is C14H18F2N4. The fourth-order valence-corrected chi connectivity index (χ4v) is 1.89. The zero-order chi connectivity index (χ0) is 14.5. The third-order valence-corrected chi connectivity index (χ3v) is 2.83. The Bertz CT molecular complexity index is 566. The maximum absolute atomic E-state index is 13.1. The molecule has 1 N–H and O–H groups in total. The summed E-state index contributed by atoms with van der Waals surface area (Å²) >= 11 is 0. The van der Waals surface area contributed by atoms with E-state index in [2.05, 4.69) is 29.2 Å². The van der Waals surface area contributed by atoms with Gasteiger partial charge in [0.2, 0.25) is 0 Å². The first kappa shape index (κ1) is 14.6. The van der Waals surface area contributed by atoms with Crippen LogP contribution in [0, 0.1) is 17.6 Å². The lowest BCUT2D eigenvalue weighted by molar-refractivity contribution is 0.457. The van der Waals surface area contributed by atoms with Gasteiger partial charge in [-0.25, -0.2) is 18.4 Å². The van der Waals surface area contributed by atoms with Gasteiger partial charge in [0.1, 0.15) is 12.2 Å². The van der Waals surface area contributed by atoms with Gasteiger partial charge in [-0.3, -0.25) is 0 Å². The molecule has 0 saturated carbocycles. The van der Waals surface area contributed by atoms with Crippen LogP contribution < -0.4 is 5.32 Å². The maximum atomic E-state index is 13.1. The molecule has 4 nitrogen and oxygen atoms in total. The fraction of sp³-hybridized carbons (Fsp3) is 0.429. The van der Waals surface area contributed by atoms with Crippen molar-refractivity contribution in [3.05, 3.63) is 47.5 Å². The summed E-state index contributed by atoms with van der Waals surface area (Å²) in [6.45, 7) is 6.01. The quantitative estimate of drug-likeness (QED) is 0.884. The Morgan fingerprint density at radius 2 is 2.00 bits per heavy atom. The van der Waals surface area contributed by atoms with E-state index in [1.807, 2.05) is 4.68 Å². The molecule has 0 atom stereocenters. The Hall–Kier alpha value is -1.82. The molecule has 20 heavy (non-hydrogen) atoms. The van der Waals surface area contributed by atoms with Crippen molar-refractivity contribution >= 4 is 0 Å². The van der Waals surface area contributed by atoms with Gasteiger partial charge in [0.15, 0.2) is 11.6 Å². The van der Waals surface area contributed by atoms with Gasteiger partial charge >= 0.3 is 0 Å². The van der Waals surface area contributed by atoms with Gasteiger partial charge in [-0.2, -0.15) is 5.10 Å².